The molecule has 0 saturated heterocycles. The van der Waals surface area contributed by atoms with Crippen LogP contribution < -0.4 is 5.32 Å². The summed E-state index contributed by atoms with van der Waals surface area (Å²) in [5.74, 6) is -0.532. The summed E-state index contributed by atoms with van der Waals surface area (Å²) >= 11 is 0. The maximum Gasteiger partial charge on any atom is 0.291 e. The standard InChI is InChI=1S/C12H16N2O3/c1-10(13-12(15)9-14(16)17)7-8-11-5-3-2-4-6-11/h2-6,10H,7-9H2,1H3,(H,13,15). The maximum absolute atomic E-state index is 11.1. The first-order chi connectivity index (χ1) is 8.08. The molecule has 1 atom stereocenters. The van der Waals surface area contributed by atoms with Gasteiger partial charge in [-0.3, -0.25) is 14.9 Å². The van der Waals surface area contributed by atoms with E-state index in [0.717, 1.165) is 12.8 Å². The highest BCUT2D eigenvalue weighted by atomic mass is 16.6. The van der Waals surface area contributed by atoms with Crippen LogP contribution in [-0.4, -0.2) is 23.4 Å². The van der Waals surface area contributed by atoms with Crippen molar-refractivity contribution in [1.82, 2.24) is 5.32 Å². The second-order valence-electron chi connectivity index (χ2n) is 3.98. The van der Waals surface area contributed by atoms with Gasteiger partial charge in [0.2, 0.25) is 0 Å². The lowest BCUT2D eigenvalue weighted by atomic mass is 10.1. The first kappa shape index (κ1) is 13.2. The predicted molar refractivity (Wildman–Crippen MR) is 64.2 cm³/mol. The number of nitrogens with one attached hydrogen (secondary N) is 1. The number of amides is 1. The number of nitro groups is 1. The van der Waals surface area contributed by atoms with Gasteiger partial charge in [-0.1, -0.05) is 30.3 Å². The van der Waals surface area contributed by atoms with Crippen molar-refractivity contribution in [2.24, 2.45) is 0 Å². The van der Waals surface area contributed by atoms with E-state index < -0.39 is 17.4 Å². The minimum atomic E-state index is -0.657. The summed E-state index contributed by atoms with van der Waals surface area (Å²) in [5, 5.41) is 12.7. The van der Waals surface area contributed by atoms with Crippen molar-refractivity contribution in [2.45, 2.75) is 25.8 Å². The lowest BCUT2D eigenvalue weighted by molar-refractivity contribution is -0.467. The Kier molecular flexibility index (Phi) is 5.13. The molecule has 0 heterocycles. The molecule has 0 saturated carbocycles. The third kappa shape index (κ3) is 5.65. The third-order valence-electron chi connectivity index (χ3n) is 2.39. The van der Waals surface area contributed by atoms with Gasteiger partial charge >= 0.3 is 0 Å². The lowest BCUT2D eigenvalue weighted by Gasteiger charge is -2.12. The van der Waals surface area contributed by atoms with Crippen molar-refractivity contribution in [3.63, 3.8) is 0 Å². The summed E-state index contributed by atoms with van der Waals surface area (Å²) in [6, 6.07) is 9.86. The lowest BCUT2D eigenvalue weighted by Crippen LogP contribution is -2.36. The maximum atomic E-state index is 11.1. The molecule has 1 aromatic carbocycles. The molecule has 0 bridgehead atoms. The molecule has 92 valence electrons. The quantitative estimate of drug-likeness (QED) is 0.599. The van der Waals surface area contributed by atoms with Gasteiger partial charge < -0.3 is 5.32 Å². The fourth-order valence-electron chi connectivity index (χ4n) is 1.54. The fourth-order valence-corrected chi connectivity index (χ4v) is 1.54. The van der Waals surface area contributed by atoms with Crippen molar-refractivity contribution in [3.05, 3.63) is 46.0 Å². The van der Waals surface area contributed by atoms with E-state index in [2.05, 4.69) is 5.32 Å². The number of carbonyl (C=O) groups excluding carboxylic acids is 1. The van der Waals surface area contributed by atoms with Crippen LogP contribution in [0.3, 0.4) is 0 Å². The number of aryl methyl sites for hydroxylation is 1. The fraction of sp³-hybridized carbons (Fsp3) is 0.417. The second kappa shape index (κ2) is 6.62. The molecule has 0 aliphatic rings. The van der Waals surface area contributed by atoms with E-state index in [1.54, 1.807) is 0 Å². The molecule has 1 amide bonds. The highest BCUT2D eigenvalue weighted by molar-refractivity contribution is 5.77. The summed E-state index contributed by atoms with van der Waals surface area (Å²) in [5.41, 5.74) is 1.20. The molecule has 0 aliphatic heterocycles. The van der Waals surface area contributed by atoms with Gasteiger partial charge in [0.25, 0.3) is 12.5 Å². The molecule has 0 spiro atoms. The minimum Gasteiger partial charge on any atom is -0.348 e. The molecule has 1 unspecified atom stereocenters. The molecule has 0 aromatic heterocycles. The molecular formula is C12H16N2O3. The van der Waals surface area contributed by atoms with Crippen LogP contribution in [0.15, 0.2) is 30.3 Å². The number of benzene rings is 1. The van der Waals surface area contributed by atoms with Crippen LogP contribution in [0, 0.1) is 10.1 Å². The molecule has 1 aromatic rings. The summed E-state index contributed by atoms with van der Waals surface area (Å²) in [7, 11) is 0. The summed E-state index contributed by atoms with van der Waals surface area (Å²) in [4.78, 5) is 20.6. The van der Waals surface area contributed by atoms with Gasteiger partial charge in [-0.25, -0.2) is 0 Å². The Labute approximate surface area is 100.0 Å². The van der Waals surface area contributed by atoms with Gasteiger partial charge in [0.15, 0.2) is 0 Å². The monoisotopic (exact) mass is 236 g/mol. The predicted octanol–water partition coefficient (Wildman–Crippen LogP) is 1.40. The van der Waals surface area contributed by atoms with Crippen LogP contribution in [0.1, 0.15) is 18.9 Å². The topological polar surface area (TPSA) is 72.2 Å². The summed E-state index contributed by atoms with van der Waals surface area (Å²) < 4.78 is 0. The molecule has 0 radical (unpaired) electrons. The van der Waals surface area contributed by atoms with Crippen molar-refractivity contribution in [3.8, 4) is 0 Å². The first-order valence-electron chi connectivity index (χ1n) is 5.53. The normalized spacial score (nSPS) is 11.8. The van der Waals surface area contributed by atoms with Crippen molar-refractivity contribution in [1.29, 1.82) is 0 Å². The molecule has 0 aliphatic carbocycles. The molecule has 1 N–H and O–H groups in total. The van der Waals surface area contributed by atoms with Gasteiger partial charge in [0, 0.05) is 11.0 Å². The van der Waals surface area contributed by atoms with Gasteiger partial charge in [-0.05, 0) is 25.3 Å². The number of carbonyl (C=O) groups is 1. The Hall–Kier alpha value is -1.91. The number of nitrogens with zero attached hydrogens (tertiary/aromatic N) is 1. The number of hydrogen-bond acceptors (Lipinski definition) is 3. The summed E-state index contributed by atoms with van der Waals surface area (Å²) in [6.07, 6.45) is 1.62. The average Bonchev–Trinajstić information content (AvgIpc) is 2.26. The van der Waals surface area contributed by atoms with Crippen LogP contribution in [0.5, 0.6) is 0 Å². The van der Waals surface area contributed by atoms with Crippen molar-refractivity contribution >= 4 is 5.91 Å². The summed E-state index contributed by atoms with van der Waals surface area (Å²) in [6.45, 7) is 1.19. The molecule has 5 nitrogen and oxygen atoms in total. The Bertz CT molecular complexity index is 379. The smallest absolute Gasteiger partial charge is 0.291 e. The second-order valence-corrected chi connectivity index (χ2v) is 3.98. The highest BCUT2D eigenvalue weighted by Gasteiger charge is 2.12. The van der Waals surface area contributed by atoms with Crippen molar-refractivity contribution in [2.75, 3.05) is 6.54 Å². The van der Waals surface area contributed by atoms with Gasteiger partial charge in [0.1, 0.15) is 0 Å². The molecule has 5 heteroatoms. The molecule has 1 rings (SSSR count). The van der Waals surface area contributed by atoms with E-state index in [1.807, 2.05) is 37.3 Å². The molecule has 0 fully saturated rings. The van der Waals surface area contributed by atoms with E-state index in [0.29, 0.717) is 0 Å². The van der Waals surface area contributed by atoms with Crippen LogP contribution >= 0.6 is 0 Å². The SMILES string of the molecule is CC(CCc1ccccc1)NC(=O)C[N+](=O)[O-]. The van der Waals surface area contributed by atoms with Gasteiger partial charge in [0.05, 0.1) is 0 Å². The van der Waals surface area contributed by atoms with Crippen LogP contribution in [0.2, 0.25) is 0 Å². The zero-order valence-electron chi connectivity index (χ0n) is 9.76. The number of rotatable bonds is 6. The zero-order valence-corrected chi connectivity index (χ0v) is 9.76. The van der Waals surface area contributed by atoms with E-state index in [9.17, 15) is 14.9 Å². The number of hydrogen-bond donors (Lipinski definition) is 1. The largest absolute Gasteiger partial charge is 0.348 e. The Morgan fingerprint density at radius 3 is 2.65 bits per heavy atom. The van der Waals surface area contributed by atoms with Crippen molar-refractivity contribution < 1.29 is 9.72 Å². The van der Waals surface area contributed by atoms with Crippen LogP contribution in [0.4, 0.5) is 0 Å². The minimum absolute atomic E-state index is 0.0531. The Morgan fingerprint density at radius 1 is 1.41 bits per heavy atom. The zero-order chi connectivity index (χ0) is 12.7. The van der Waals surface area contributed by atoms with E-state index >= 15 is 0 Å². The molecular weight excluding hydrogens is 220 g/mol. The molecule has 17 heavy (non-hydrogen) atoms. The van der Waals surface area contributed by atoms with E-state index in [-0.39, 0.29) is 6.04 Å². The van der Waals surface area contributed by atoms with Crippen LogP contribution in [0.25, 0.3) is 0 Å². The Balaban J connectivity index is 2.28. The van der Waals surface area contributed by atoms with Gasteiger partial charge in [-0.15, -0.1) is 0 Å². The highest BCUT2D eigenvalue weighted by Crippen LogP contribution is 2.04. The Morgan fingerprint density at radius 2 is 2.06 bits per heavy atom. The van der Waals surface area contributed by atoms with Gasteiger partial charge in [-0.2, -0.15) is 0 Å². The van der Waals surface area contributed by atoms with E-state index in [1.165, 1.54) is 5.56 Å². The third-order valence-corrected chi connectivity index (χ3v) is 2.39. The average molecular weight is 236 g/mol. The van der Waals surface area contributed by atoms with E-state index in [4.69, 9.17) is 0 Å². The van der Waals surface area contributed by atoms with Crippen LogP contribution in [-0.2, 0) is 11.2 Å². The first-order valence-corrected chi connectivity index (χ1v) is 5.53.